The van der Waals surface area contributed by atoms with E-state index in [1.807, 2.05) is 13.2 Å². The third-order valence-electron chi connectivity index (χ3n) is 2.56. The smallest absolute Gasteiger partial charge is 0.139 e. The van der Waals surface area contributed by atoms with Crippen LogP contribution in [-0.2, 0) is 6.54 Å². The zero-order chi connectivity index (χ0) is 10.7. The molecule has 0 aliphatic heterocycles. The minimum absolute atomic E-state index is 1.03. The summed E-state index contributed by atoms with van der Waals surface area (Å²) in [6.07, 6.45) is 5.18. The fourth-order valence-corrected chi connectivity index (χ4v) is 1.79. The Bertz CT molecular complexity index is 445. The molecule has 1 N–H and O–H groups in total. The lowest BCUT2D eigenvalue weighted by atomic mass is 10.2. The molecule has 2 aromatic rings. The highest BCUT2D eigenvalue weighted by molar-refractivity contribution is 5.76. The maximum atomic E-state index is 4.46. The second-order valence-electron chi connectivity index (χ2n) is 3.89. The summed E-state index contributed by atoms with van der Waals surface area (Å²) >= 11 is 0. The van der Waals surface area contributed by atoms with Crippen molar-refractivity contribution in [3.05, 3.63) is 30.1 Å². The highest BCUT2D eigenvalue weighted by Crippen LogP contribution is 2.14. The molecule has 15 heavy (non-hydrogen) atoms. The monoisotopic (exact) mass is 203 g/mol. The van der Waals surface area contributed by atoms with Gasteiger partial charge in [0, 0.05) is 24.3 Å². The van der Waals surface area contributed by atoms with Gasteiger partial charge in [0.15, 0.2) is 0 Å². The number of nitrogens with zero attached hydrogens (tertiary/aromatic N) is 2. The second-order valence-corrected chi connectivity index (χ2v) is 3.89. The molecule has 3 nitrogen and oxygen atoms in total. The van der Waals surface area contributed by atoms with E-state index >= 15 is 0 Å². The Labute approximate surface area is 90.1 Å². The van der Waals surface area contributed by atoms with Crippen molar-refractivity contribution in [2.24, 2.45) is 0 Å². The molecule has 0 bridgehead atoms. The van der Waals surface area contributed by atoms with Crippen LogP contribution < -0.4 is 5.32 Å². The summed E-state index contributed by atoms with van der Waals surface area (Å²) in [5, 5.41) is 4.39. The molecule has 3 heteroatoms. The molecule has 0 unspecified atom stereocenters. The van der Waals surface area contributed by atoms with Crippen LogP contribution in [0.5, 0.6) is 0 Å². The standard InChI is InChI=1S/C12H17N3/c1-10-8-11-4-7-15(6-3-5-13-2)12(11)14-9-10/h4,7-9,13H,3,5-6H2,1-2H3. The van der Waals surface area contributed by atoms with Crippen LogP contribution >= 0.6 is 0 Å². The fourth-order valence-electron chi connectivity index (χ4n) is 1.79. The number of hydrogen-bond donors (Lipinski definition) is 1. The average Bonchev–Trinajstić information content (AvgIpc) is 2.61. The summed E-state index contributed by atoms with van der Waals surface area (Å²) in [5.74, 6) is 0. The van der Waals surface area contributed by atoms with Crippen molar-refractivity contribution in [3.63, 3.8) is 0 Å². The Morgan fingerprint density at radius 2 is 2.33 bits per heavy atom. The molecule has 2 aromatic heterocycles. The van der Waals surface area contributed by atoms with Gasteiger partial charge in [0.2, 0.25) is 0 Å². The number of fused-ring (bicyclic) bond motifs is 1. The van der Waals surface area contributed by atoms with Gasteiger partial charge >= 0.3 is 0 Å². The maximum Gasteiger partial charge on any atom is 0.139 e. The van der Waals surface area contributed by atoms with Crippen LogP contribution in [0.4, 0.5) is 0 Å². The van der Waals surface area contributed by atoms with Gasteiger partial charge in [-0.1, -0.05) is 0 Å². The van der Waals surface area contributed by atoms with E-state index in [2.05, 4.69) is 40.1 Å². The van der Waals surface area contributed by atoms with Crippen LogP contribution in [0.15, 0.2) is 24.5 Å². The van der Waals surface area contributed by atoms with E-state index in [4.69, 9.17) is 0 Å². The normalized spacial score (nSPS) is 11.1. The van der Waals surface area contributed by atoms with E-state index in [0.717, 1.165) is 25.2 Å². The lowest BCUT2D eigenvalue weighted by molar-refractivity contribution is 0.624. The van der Waals surface area contributed by atoms with Crippen LogP contribution in [0.1, 0.15) is 12.0 Å². The zero-order valence-electron chi connectivity index (χ0n) is 9.33. The largest absolute Gasteiger partial charge is 0.332 e. The Morgan fingerprint density at radius 3 is 3.13 bits per heavy atom. The molecule has 2 rings (SSSR count). The molecule has 80 valence electrons. The summed E-state index contributed by atoms with van der Waals surface area (Å²) in [7, 11) is 1.98. The molecule has 0 aliphatic rings. The predicted octanol–water partition coefficient (Wildman–Crippen LogP) is 1.95. The minimum Gasteiger partial charge on any atom is -0.332 e. The highest BCUT2D eigenvalue weighted by atomic mass is 15.0. The first kappa shape index (κ1) is 10.2. The summed E-state index contributed by atoms with van der Waals surface area (Å²) in [5.41, 5.74) is 2.31. The molecule has 2 heterocycles. The first-order chi connectivity index (χ1) is 7.31. The van der Waals surface area contributed by atoms with Gasteiger partial charge in [-0.05, 0) is 44.6 Å². The molecular formula is C12H17N3. The summed E-state index contributed by atoms with van der Waals surface area (Å²) < 4.78 is 2.21. The van der Waals surface area contributed by atoms with Crippen LogP contribution in [0.3, 0.4) is 0 Å². The topological polar surface area (TPSA) is 29.9 Å². The van der Waals surface area contributed by atoms with Gasteiger partial charge in [-0.2, -0.15) is 0 Å². The van der Waals surface area contributed by atoms with Gasteiger partial charge in [0.1, 0.15) is 5.65 Å². The first-order valence-electron chi connectivity index (χ1n) is 5.37. The van der Waals surface area contributed by atoms with E-state index in [1.54, 1.807) is 0 Å². The van der Waals surface area contributed by atoms with Gasteiger partial charge in [-0.3, -0.25) is 0 Å². The maximum absolute atomic E-state index is 4.46. The van der Waals surface area contributed by atoms with E-state index < -0.39 is 0 Å². The molecule has 0 amide bonds. The second kappa shape index (κ2) is 4.45. The van der Waals surface area contributed by atoms with Crippen molar-refractivity contribution in [1.82, 2.24) is 14.9 Å². The van der Waals surface area contributed by atoms with Crippen molar-refractivity contribution in [3.8, 4) is 0 Å². The Kier molecular flexibility index (Phi) is 3.02. The van der Waals surface area contributed by atoms with Crippen LogP contribution in [-0.4, -0.2) is 23.1 Å². The van der Waals surface area contributed by atoms with Crippen LogP contribution in [0, 0.1) is 6.92 Å². The van der Waals surface area contributed by atoms with Gasteiger partial charge in [0.05, 0.1) is 0 Å². The lowest BCUT2D eigenvalue weighted by Crippen LogP contribution is -2.10. The summed E-state index contributed by atoms with van der Waals surface area (Å²) in [6, 6.07) is 4.31. The molecule has 0 atom stereocenters. The van der Waals surface area contributed by atoms with Crippen molar-refractivity contribution in [2.75, 3.05) is 13.6 Å². The summed E-state index contributed by atoms with van der Waals surface area (Å²) in [4.78, 5) is 4.46. The van der Waals surface area contributed by atoms with Gasteiger partial charge in [-0.25, -0.2) is 4.98 Å². The van der Waals surface area contributed by atoms with Crippen molar-refractivity contribution >= 4 is 11.0 Å². The Hall–Kier alpha value is -1.35. The number of pyridine rings is 1. The molecule has 0 aliphatic carbocycles. The number of aryl methyl sites for hydroxylation is 2. The van der Waals surface area contributed by atoms with E-state index in [1.165, 1.54) is 10.9 Å². The van der Waals surface area contributed by atoms with Gasteiger partial charge in [0.25, 0.3) is 0 Å². The highest BCUT2D eigenvalue weighted by Gasteiger charge is 2.01. The Morgan fingerprint density at radius 1 is 1.47 bits per heavy atom. The third kappa shape index (κ3) is 2.18. The van der Waals surface area contributed by atoms with Crippen molar-refractivity contribution < 1.29 is 0 Å². The molecule has 0 saturated carbocycles. The first-order valence-corrected chi connectivity index (χ1v) is 5.37. The van der Waals surface area contributed by atoms with Crippen molar-refractivity contribution in [2.45, 2.75) is 19.9 Å². The lowest BCUT2D eigenvalue weighted by Gasteiger charge is -2.04. The quantitative estimate of drug-likeness (QED) is 0.770. The van der Waals surface area contributed by atoms with E-state index in [-0.39, 0.29) is 0 Å². The third-order valence-corrected chi connectivity index (χ3v) is 2.56. The number of aromatic nitrogens is 2. The average molecular weight is 203 g/mol. The van der Waals surface area contributed by atoms with Gasteiger partial charge in [-0.15, -0.1) is 0 Å². The zero-order valence-corrected chi connectivity index (χ0v) is 9.33. The Balaban J connectivity index is 2.21. The summed E-state index contributed by atoms with van der Waals surface area (Å²) in [6.45, 7) is 4.15. The van der Waals surface area contributed by atoms with Crippen LogP contribution in [0.2, 0.25) is 0 Å². The number of rotatable bonds is 4. The molecular weight excluding hydrogens is 186 g/mol. The van der Waals surface area contributed by atoms with Gasteiger partial charge < -0.3 is 9.88 Å². The molecule has 0 radical (unpaired) electrons. The molecule has 0 saturated heterocycles. The van der Waals surface area contributed by atoms with Crippen molar-refractivity contribution in [1.29, 1.82) is 0 Å². The molecule has 0 spiro atoms. The fraction of sp³-hybridized carbons (Fsp3) is 0.417. The van der Waals surface area contributed by atoms with E-state index in [0.29, 0.717) is 0 Å². The predicted molar refractivity (Wildman–Crippen MR) is 63.0 cm³/mol. The minimum atomic E-state index is 1.03. The van der Waals surface area contributed by atoms with Crippen LogP contribution in [0.25, 0.3) is 11.0 Å². The molecule has 0 fully saturated rings. The molecule has 0 aromatic carbocycles. The number of hydrogen-bond acceptors (Lipinski definition) is 2. The SMILES string of the molecule is CNCCCn1ccc2cc(C)cnc21. The number of nitrogens with one attached hydrogen (secondary N) is 1. The van der Waals surface area contributed by atoms with E-state index in [9.17, 15) is 0 Å².